The Balaban J connectivity index is 2.13. The quantitative estimate of drug-likeness (QED) is 0.760. The van der Waals surface area contributed by atoms with Gasteiger partial charge in [0.05, 0.1) is 11.5 Å². The lowest BCUT2D eigenvalue weighted by Crippen LogP contribution is -2.26. The van der Waals surface area contributed by atoms with Gasteiger partial charge in [-0.05, 0) is 48.2 Å². The fourth-order valence-corrected chi connectivity index (χ4v) is 3.56. The van der Waals surface area contributed by atoms with Crippen LogP contribution < -0.4 is 4.74 Å². The number of hydrogen-bond donors (Lipinski definition) is 0. The maximum Gasteiger partial charge on any atom is 0.243 e. The van der Waals surface area contributed by atoms with Crippen LogP contribution in [0, 0.1) is 0 Å². The van der Waals surface area contributed by atoms with Crippen molar-refractivity contribution in [2.24, 2.45) is 0 Å². The normalized spacial score (nSPS) is 11.9. The lowest BCUT2D eigenvalue weighted by Gasteiger charge is -2.18. The zero-order valence-corrected chi connectivity index (χ0v) is 15.5. The van der Waals surface area contributed by atoms with E-state index in [1.165, 1.54) is 4.31 Å². The number of hydrogen-bond acceptors (Lipinski definition) is 3. The van der Waals surface area contributed by atoms with Gasteiger partial charge in [0.2, 0.25) is 10.0 Å². The molecule has 0 radical (unpaired) electrons. The van der Waals surface area contributed by atoms with Gasteiger partial charge in [0.1, 0.15) is 5.75 Å². The summed E-state index contributed by atoms with van der Waals surface area (Å²) >= 11 is 0. The molecule has 0 bridgehead atoms. The van der Waals surface area contributed by atoms with Crippen molar-refractivity contribution in [2.45, 2.75) is 38.1 Å². The smallest absolute Gasteiger partial charge is 0.243 e. The third-order valence-corrected chi connectivity index (χ3v) is 5.71. The van der Waals surface area contributed by atoms with Gasteiger partial charge >= 0.3 is 0 Å². The van der Waals surface area contributed by atoms with Crippen LogP contribution in [0.15, 0.2) is 53.4 Å². The van der Waals surface area contributed by atoms with Gasteiger partial charge in [-0.1, -0.05) is 38.1 Å². The van der Waals surface area contributed by atoms with Crippen molar-refractivity contribution in [1.29, 1.82) is 0 Å². The predicted octanol–water partition coefficient (Wildman–Crippen LogP) is 4.03. The average molecular weight is 347 g/mol. The second kappa shape index (κ2) is 7.81. The molecule has 0 saturated heterocycles. The molecule has 0 fully saturated rings. The fourth-order valence-electron chi connectivity index (χ4n) is 2.40. The van der Waals surface area contributed by atoms with E-state index in [9.17, 15) is 8.42 Å². The van der Waals surface area contributed by atoms with Crippen LogP contribution in [0.2, 0.25) is 0 Å². The summed E-state index contributed by atoms with van der Waals surface area (Å²) in [6.07, 6.45) is 0. The Kier molecular flexibility index (Phi) is 6.02. The molecule has 5 heteroatoms. The van der Waals surface area contributed by atoms with Crippen molar-refractivity contribution in [3.05, 3.63) is 59.7 Å². The molecule has 2 aromatic carbocycles. The van der Waals surface area contributed by atoms with E-state index >= 15 is 0 Å². The molecular weight excluding hydrogens is 322 g/mol. The first kappa shape index (κ1) is 18.5. The Hall–Kier alpha value is -1.85. The van der Waals surface area contributed by atoms with E-state index in [0.717, 1.165) is 16.9 Å². The minimum absolute atomic E-state index is 0.320. The molecule has 0 aliphatic rings. The van der Waals surface area contributed by atoms with E-state index in [2.05, 4.69) is 13.8 Å². The molecule has 0 spiro atoms. The number of rotatable bonds is 7. The maximum atomic E-state index is 12.7. The summed E-state index contributed by atoms with van der Waals surface area (Å²) in [6.45, 7) is 7.03. The molecule has 0 heterocycles. The van der Waals surface area contributed by atoms with Gasteiger partial charge in [-0.2, -0.15) is 4.31 Å². The van der Waals surface area contributed by atoms with Crippen molar-refractivity contribution in [2.75, 3.05) is 13.7 Å². The van der Waals surface area contributed by atoms with Crippen LogP contribution in [-0.2, 0) is 16.6 Å². The number of benzene rings is 2. The van der Waals surface area contributed by atoms with Crippen LogP contribution in [0.1, 0.15) is 37.8 Å². The van der Waals surface area contributed by atoms with Crippen molar-refractivity contribution < 1.29 is 13.2 Å². The molecule has 4 nitrogen and oxygen atoms in total. The Morgan fingerprint density at radius 1 is 1.00 bits per heavy atom. The van der Waals surface area contributed by atoms with Crippen LogP contribution in [0.5, 0.6) is 5.75 Å². The Morgan fingerprint density at radius 2 is 1.58 bits per heavy atom. The molecule has 0 atom stereocenters. The predicted molar refractivity (Wildman–Crippen MR) is 96.8 cm³/mol. The second-order valence-electron chi connectivity index (χ2n) is 6.06. The van der Waals surface area contributed by atoms with Crippen molar-refractivity contribution in [3.63, 3.8) is 0 Å². The topological polar surface area (TPSA) is 46.6 Å². The average Bonchev–Trinajstić information content (AvgIpc) is 2.57. The summed E-state index contributed by atoms with van der Waals surface area (Å²) in [6, 6.07) is 14.6. The highest BCUT2D eigenvalue weighted by atomic mass is 32.2. The van der Waals surface area contributed by atoms with Crippen molar-refractivity contribution in [1.82, 2.24) is 4.31 Å². The van der Waals surface area contributed by atoms with E-state index in [0.29, 0.717) is 24.0 Å². The van der Waals surface area contributed by atoms with Gasteiger partial charge < -0.3 is 4.74 Å². The Morgan fingerprint density at radius 3 is 2.08 bits per heavy atom. The minimum Gasteiger partial charge on any atom is -0.494 e. The summed E-state index contributed by atoms with van der Waals surface area (Å²) in [7, 11) is -1.90. The van der Waals surface area contributed by atoms with E-state index in [1.54, 1.807) is 19.2 Å². The van der Waals surface area contributed by atoms with Gasteiger partial charge in [0.25, 0.3) is 0 Å². The lowest BCUT2D eigenvalue weighted by atomic mass is 10.0. The molecule has 0 saturated carbocycles. The number of sulfonamides is 1. The molecule has 24 heavy (non-hydrogen) atoms. The zero-order valence-electron chi connectivity index (χ0n) is 14.7. The van der Waals surface area contributed by atoms with Crippen LogP contribution in [-0.4, -0.2) is 26.4 Å². The first-order valence-electron chi connectivity index (χ1n) is 8.12. The molecule has 0 N–H and O–H groups in total. The number of ether oxygens (including phenoxy) is 1. The highest BCUT2D eigenvalue weighted by molar-refractivity contribution is 7.89. The lowest BCUT2D eigenvalue weighted by molar-refractivity contribution is 0.340. The molecule has 2 aromatic rings. The van der Waals surface area contributed by atoms with Gasteiger partial charge in [-0.15, -0.1) is 0 Å². The molecule has 0 aromatic heterocycles. The SMILES string of the molecule is CCOc1ccc(CN(C)S(=O)(=O)c2ccc(C(C)C)cc2)cc1. The molecule has 0 aliphatic carbocycles. The van der Waals surface area contributed by atoms with Crippen LogP contribution in [0.3, 0.4) is 0 Å². The van der Waals surface area contributed by atoms with E-state index < -0.39 is 10.0 Å². The minimum atomic E-state index is -3.50. The van der Waals surface area contributed by atoms with Gasteiger partial charge in [0.15, 0.2) is 0 Å². The molecule has 2 rings (SSSR count). The summed E-state index contributed by atoms with van der Waals surface area (Å²) in [5.41, 5.74) is 2.05. The zero-order chi connectivity index (χ0) is 17.7. The molecule has 0 unspecified atom stereocenters. The first-order valence-corrected chi connectivity index (χ1v) is 9.56. The third kappa shape index (κ3) is 4.36. The van der Waals surface area contributed by atoms with Gasteiger partial charge in [-0.25, -0.2) is 8.42 Å². The highest BCUT2D eigenvalue weighted by Gasteiger charge is 2.21. The molecule has 0 amide bonds. The Bertz CT molecular complexity index is 750. The summed E-state index contributed by atoms with van der Waals surface area (Å²) < 4.78 is 32.1. The summed E-state index contributed by atoms with van der Waals surface area (Å²) in [4.78, 5) is 0.320. The fraction of sp³-hybridized carbons (Fsp3) is 0.368. The summed E-state index contributed by atoms with van der Waals surface area (Å²) in [5, 5.41) is 0. The molecule has 130 valence electrons. The van der Waals surface area contributed by atoms with E-state index in [1.807, 2.05) is 43.3 Å². The van der Waals surface area contributed by atoms with Gasteiger partial charge in [-0.3, -0.25) is 0 Å². The third-order valence-electron chi connectivity index (χ3n) is 3.89. The first-order chi connectivity index (χ1) is 11.3. The van der Waals surface area contributed by atoms with Crippen LogP contribution >= 0.6 is 0 Å². The maximum absolute atomic E-state index is 12.7. The van der Waals surface area contributed by atoms with E-state index in [4.69, 9.17) is 4.74 Å². The molecular formula is C19H25NO3S. The largest absolute Gasteiger partial charge is 0.494 e. The van der Waals surface area contributed by atoms with Crippen molar-refractivity contribution in [3.8, 4) is 5.75 Å². The van der Waals surface area contributed by atoms with Crippen molar-refractivity contribution >= 4 is 10.0 Å². The molecule has 0 aliphatic heterocycles. The second-order valence-corrected chi connectivity index (χ2v) is 8.11. The monoisotopic (exact) mass is 347 g/mol. The van der Waals surface area contributed by atoms with Crippen LogP contribution in [0.25, 0.3) is 0 Å². The van der Waals surface area contributed by atoms with E-state index in [-0.39, 0.29) is 0 Å². The standard InChI is InChI=1S/C19H25NO3S/c1-5-23-18-10-6-16(7-11-18)14-20(4)24(21,22)19-12-8-17(9-13-19)15(2)3/h6-13,15H,5,14H2,1-4H3. The van der Waals surface area contributed by atoms with Gasteiger partial charge in [0, 0.05) is 13.6 Å². The number of nitrogens with zero attached hydrogens (tertiary/aromatic N) is 1. The van der Waals surface area contributed by atoms with Crippen LogP contribution in [0.4, 0.5) is 0 Å². The Labute approximate surface area is 145 Å². The summed E-state index contributed by atoms with van der Waals surface area (Å²) in [5.74, 6) is 1.17. The highest BCUT2D eigenvalue weighted by Crippen LogP contribution is 2.21.